The normalized spacial score (nSPS) is 14.7. The molecule has 1 fully saturated rings. The number of methoxy groups -OCH3 is 2. The molecule has 1 aliphatic heterocycles. The Morgan fingerprint density at radius 3 is 2.25 bits per heavy atom. The number of rotatable bonds is 7. The third-order valence-corrected chi connectivity index (χ3v) is 4.92. The van der Waals surface area contributed by atoms with Crippen LogP contribution in [0.3, 0.4) is 0 Å². The van der Waals surface area contributed by atoms with Crippen molar-refractivity contribution in [3.05, 3.63) is 47.5 Å². The second kappa shape index (κ2) is 9.26. The molecule has 10 heteroatoms. The highest BCUT2D eigenvalue weighted by atomic mass is 19.4. The molecule has 0 aliphatic carbocycles. The van der Waals surface area contributed by atoms with E-state index in [-0.39, 0.29) is 41.8 Å². The highest BCUT2D eigenvalue weighted by Crippen LogP contribution is 2.36. The molecule has 7 nitrogen and oxygen atoms in total. The first-order valence-corrected chi connectivity index (χ1v) is 9.62. The van der Waals surface area contributed by atoms with Crippen LogP contribution in [-0.2, 0) is 0 Å². The van der Waals surface area contributed by atoms with Crippen molar-refractivity contribution in [1.29, 1.82) is 5.26 Å². The zero-order valence-corrected chi connectivity index (χ0v) is 17.6. The highest BCUT2D eigenvalue weighted by Gasteiger charge is 2.40. The number of ether oxygens (including phenoxy) is 4. The van der Waals surface area contributed by atoms with Gasteiger partial charge in [-0.05, 0) is 43.3 Å². The molecule has 1 heterocycles. The zero-order chi connectivity index (χ0) is 23.5. The highest BCUT2D eigenvalue weighted by molar-refractivity contribution is 6.01. The summed E-state index contributed by atoms with van der Waals surface area (Å²) in [5.74, 6) is 0.208. The standard InChI is InChI=1S/C22H21F3N2O5/c1-13(22(23,24)25)31-18-9-4-14(10-26)20(30-3)19(18)21(28)27-11-17(12-27)32-16-7-5-15(29-2)6-8-16/h4-9,13,17H,11-12H2,1-3H3. The van der Waals surface area contributed by atoms with Crippen LogP contribution in [0.25, 0.3) is 0 Å². The molecule has 3 rings (SSSR count). The average Bonchev–Trinajstić information content (AvgIpc) is 2.74. The Labute approximate surface area is 182 Å². The Hall–Kier alpha value is -3.61. The smallest absolute Gasteiger partial charge is 0.425 e. The van der Waals surface area contributed by atoms with E-state index in [0.29, 0.717) is 11.5 Å². The Balaban J connectivity index is 1.78. The number of nitriles is 1. The number of amides is 1. The quantitative estimate of drug-likeness (QED) is 0.638. The van der Waals surface area contributed by atoms with Gasteiger partial charge >= 0.3 is 6.18 Å². The van der Waals surface area contributed by atoms with Gasteiger partial charge in [0.25, 0.3) is 5.91 Å². The summed E-state index contributed by atoms with van der Waals surface area (Å²) in [6.07, 6.45) is -7.08. The molecule has 1 amide bonds. The van der Waals surface area contributed by atoms with Gasteiger partial charge in [-0.1, -0.05) is 0 Å². The Morgan fingerprint density at radius 2 is 1.72 bits per heavy atom. The number of nitrogens with zero attached hydrogens (tertiary/aromatic N) is 2. The molecule has 0 saturated carbocycles. The molecule has 0 radical (unpaired) electrons. The van der Waals surface area contributed by atoms with Crippen LogP contribution in [0.1, 0.15) is 22.8 Å². The lowest BCUT2D eigenvalue weighted by molar-refractivity contribution is -0.189. The lowest BCUT2D eigenvalue weighted by atomic mass is 10.0. The number of hydrogen-bond donors (Lipinski definition) is 0. The van der Waals surface area contributed by atoms with Gasteiger partial charge in [-0.3, -0.25) is 4.79 Å². The number of benzene rings is 2. The van der Waals surface area contributed by atoms with E-state index >= 15 is 0 Å². The maximum Gasteiger partial charge on any atom is 0.425 e. The van der Waals surface area contributed by atoms with Crippen molar-refractivity contribution in [3.8, 4) is 29.1 Å². The largest absolute Gasteiger partial charge is 0.497 e. The molecule has 0 spiro atoms. The molecule has 1 saturated heterocycles. The van der Waals surface area contributed by atoms with Crippen LogP contribution in [0.15, 0.2) is 36.4 Å². The lowest BCUT2D eigenvalue weighted by Crippen LogP contribution is -2.56. The van der Waals surface area contributed by atoms with E-state index in [1.165, 1.54) is 24.1 Å². The molecule has 2 aromatic rings. The van der Waals surface area contributed by atoms with Gasteiger partial charge in [-0.2, -0.15) is 18.4 Å². The first-order valence-electron chi connectivity index (χ1n) is 9.62. The monoisotopic (exact) mass is 450 g/mol. The molecule has 32 heavy (non-hydrogen) atoms. The first kappa shape index (κ1) is 23.1. The van der Waals surface area contributed by atoms with E-state index in [1.54, 1.807) is 31.4 Å². The van der Waals surface area contributed by atoms with Gasteiger partial charge in [0.05, 0.1) is 32.9 Å². The predicted octanol–water partition coefficient (Wildman–Crippen LogP) is 3.81. The molecule has 1 atom stereocenters. The summed E-state index contributed by atoms with van der Waals surface area (Å²) in [7, 11) is 2.78. The SMILES string of the molecule is COc1ccc(OC2CN(C(=O)c3c(OC(C)C(F)(F)F)ccc(C#N)c3OC)C2)cc1. The van der Waals surface area contributed by atoms with Gasteiger partial charge < -0.3 is 23.8 Å². The molecule has 170 valence electrons. The number of alkyl halides is 3. The minimum Gasteiger partial charge on any atom is -0.497 e. The van der Waals surface area contributed by atoms with Gasteiger partial charge in [0.1, 0.15) is 35.0 Å². The third-order valence-electron chi connectivity index (χ3n) is 4.92. The number of hydrogen-bond acceptors (Lipinski definition) is 6. The van der Waals surface area contributed by atoms with Crippen molar-refractivity contribution in [2.24, 2.45) is 0 Å². The van der Waals surface area contributed by atoms with Crippen LogP contribution in [-0.4, -0.2) is 56.5 Å². The Morgan fingerprint density at radius 1 is 1.09 bits per heavy atom. The van der Waals surface area contributed by atoms with Gasteiger partial charge in [0.2, 0.25) is 0 Å². The van der Waals surface area contributed by atoms with Crippen LogP contribution < -0.4 is 18.9 Å². The van der Waals surface area contributed by atoms with E-state index in [9.17, 15) is 23.2 Å². The van der Waals surface area contributed by atoms with Crippen LogP contribution in [0.5, 0.6) is 23.0 Å². The van der Waals surface area contributed by atoms with Crippen LogP contribution in [0, 0.1) is 11.3 Å². The minimum absolute atomic E-state index is 0.00872. The lowest BCUT2D eigenvalue weighted by Gasteiger charge is -2.39. The van der Waals surface area contributed by atoms with Crippen LogP contribution >= 0.6 is 0 Å². The third kappa shape index (κ3) is 4.82. The molecule has 0 N–H and O–H groups in total. The molecule has 0 bridgehead atoms. The predicted molar refractivity (Wildman–Crippen MR) is 107 cm³/mol. The Kier molecular flexibility index (Phi) is 6.67. The van der Waals surface area contributed by atoms with E-state index in [2.05, 4.69) is 0 Å². The minimum atomic E-state index is -4.63. The summed E-state index contributed by atoms with van der Waals surface area (Å²) in [6, 6.07) is 11.2. The second-order valence-electron chi connectivity index (χ2n) is 7.06. The van der Waals surface area contributed by atoms with Gasteiger partial charge in [0, 0.05) is 0 Å². The number of carbonyl (C=O) groups excluding carboxylic acids is 1. The summed E-state index contributed by atoms with van der Waals surface area (Å²) in [4.78, 5) is 14.5. The number of halogens is 3. The molecule has 1 aliphatic rings. The number of likely N-dealkylation sites (tertiary alicyclic amines) is 1. The zero-order valence-electron chi connectivity index (χ0n) is 17.6. The van der Waals surface area contributed by atoms with Crippen molar-refractivity contribution in [1.82, 2.24) is 4.90 Å². The van der Waals surface area contributed by atoms with Crippen molar-refractivity contribution in [2.45, 2.75) is 25.3 Å². The van der Waals surface area contributed by atoms with Crippen molar-refractivity contribution in [2.75, 3.05) is 27.3 Å². The van der Waals surface area contributed by atoms with E-state index in [1.807, 2.05) is 6.07 Å². The molecule has 2 aromatic carbocycles. The summed E-state index contributed by atoms with van der Waals surface area (Å²) in [5.41, 5.74) is -0.222. The van der Waals surface area contributed by atoms with E-state index in [0.717, 1.165) is 6.92 Å². The van der Waals surface area contributed by atoms with E-state index in [4.69, 9.17) is 18.9 Å². The summed E-state index contributed by atoms with van der Waals surface area (Å²) in [5, 5.41) is 9.31. The topological polar surface area (TPSA) is 81.0 Å². The summed E-state index contributed by atoms with van der Waals surface area (Å²) < 4.78 is 60.1. The average molecular weight is 450 g/mol. The van der Waals surface area contributed by atoms with Crippen molar-refractivity contribution >= 4 is 5.91 Å². The summed E-state index contributed by atoms with van der Waals surface area (Å²) in [6.45, 7) is 1.25. The molecular weight excluding hydrogens is 429 g/mol. The summed E-state index contributed by atoms with van der Waals surface area (Å²) >= 11 is 0. The fourth-order valence-electron chi connectivity index (χ4n) is 3.11. The van der Waals surface area contributed by atoms with Gasteiger partial charge in [-0.15, -0.1) is 0 Å². The van der Waals surface area contributed by atoms with Crippen LogP contribution in [0.4, 0.5) is 13.2 Å². The fourth-order valence-corrected chi connectivity index (χ4v) is 3.11. The maximum absolute atomic E-state index is 13.1. The first-order chi connectivity index (χ1) is 15.2. The van der Waals surface area contributed by atoms with Crippen LogP contribution in [0.2, 0.25) is 0 Å². The van der Waals surface area contributed by atoms with Crippen molar-refractivity contribution in [3.63, 3.8) is 0 Å². The Bertz CT molecular complexity index is 1010. The van der Waals surface area contributed by atoms with Gasteiger partial charge in [-0.25, -0.2) is 0 Å². The molecular formula is C22H21F3N2O5. The molecule has 1 unspecified atom stereocenters. The fraction of sp³-hybridized carbons (Fsp3) is 0.364. The van der Waals surface area contributed by atoms with Gasteiger partial charge in [0.15, 0.2) is 11.9 Å². The van der Waals surface area contributed by atoms with Crippen molar-refractivity contribution < 1.29 is 36.9 Å². The second-order valence-corrected chi connectivity index (χ2v) is 7.06. The maximum atomic E-state index is 13.1. The van der Waals surface area contributed by atoms with E-state index < -0.39 is 18.2 Å². The number of carbonyl (C=O) groups is 1. The molecule has 0 aromatic heterocycles.